The minimum absolute atomic E-state index is 0.196. The van der Waals surface area contributed by atoms with E-state index in [1.165, 1.54) is 23.4 Å². The highest BCUT2D eigenvalue weighted by atomic mass is 32.2. The molecule has 1 N–H and O–H groups in total. The van der Waals surface area contributed by atoms with E-state index >= 15 is 0 Å². The van der Waals surface area contributed by atoms with E-state index in [0.717, 1.165) is 36.5 Å². The highest BCUT2D eigenvalue weighted by molar-refractivity contribution is 7.89. The summed E-state index contributed by atoms with van der Waals surface area (Å²) in [6.07, 6.45) is 2.81. The highest BCUT2D eigenvalue weighted by Crippen LogP contribution is 2.22. The number of nitrogens with one attached hydrogen (secondary N) is 1. The van der Waals surface area contributed by atoms with E-state index < -0.39 is 10.0 Å². The molecule has 0 spiro atoms. The summed E-state index contributed by atoms with van der Waals surface area (Å²) in [6, 6.07) is 14.0. The number of rotatable bonds is 9. The van der Waals surface area contributed by atoms with Gasteiger partial charge >= 0.3 is 0 Å². The van der Waals surface area contributed by atoms with Gasteiger partial charge in [0.15, 0.2) is 0 Å². The van der Waals surface area contributed by atoms with Crippen molar-refractivity contribution < 1.29 is 17.9 Å². The zero-order chi connectivity index (χ0) is 24.8. The molecule has 186 valence electrons. The second-order valence-corrected chi connectivity index (χ2v) is 10.3. The molecule has 2 aromatic carbocycles. The largest absolute Gasteiger partial charge is 0.497 e. The van der Waals surface area contributed by atoms with Crippen LogP contribution >= 0.6 is 0 Å². The molecule has 0 bridgehead atoms. The summed E-state index contributed by atoms with van der Waals surface area (Å²) >= 11 is 0. The Labute approximate surface area is 205 Å². The van der Waals surface area contributed by atoms with Crippen LogP contribution in [0, 0.1) is 0 Å². The van der Waals surface area contributed by atoms with Gasteiger partial charge in [-0.3, -0.25) is 9.48 Å². The van der Waals surface area contributed by atoms with E-state index in [2.05, 4.69) is 20.5 Å². The Hall–Kier alpha value is -3.28. The Morgan fingerprint density at radius 3 is 2.49 bits per heavy atom. The first-order valence-electron chi connectivity index (χ1n) is 11.5. The second kappa shape index (κ2) is 11.0. The number of methoxy groups -OCH3 is 1. The lowest BCUT2D eigenvalue weighted by Crippen LogP contribution is -2.48. The van der Waals surface area contributed by atoms with Gasteiger partial charge in [0, 0.05) is 57.4 Å². The number of amides is 1. The number of benzene rings is 2. The molecule has 1 saturated heterocycles. The van der Waals surface area contributed by atoms with Gasteiger partial charge in [-0.2, -0.15) is 4.31 Å². The van der Waals surface area contributed by atoms with Gasteiger partial charge in [-0.25, -0.2) is 8.42 Å². The maximum absolute atomic E-state index is 13.0. The molecule has 10 nitrogen and oxygen atoms in total. The van der Waals surface area contributed by atoms with Gasteiger partial charge in [0.2, 0.25) is 15.9 Å². The summed E-state index contributed by atoms with van der Waals surface area (Å²) in [7, 11) is -1.92. The molecule has 11 heteroatoms. The molecular weight excluding hydrogens is 468 g/mol. The quantitative estimate of drug-likeness (QED) is 0.482. The van der Waals surface area contributed by atoms with Crippen LogP contribution < -0.4 is 10.1 Å². The van der Waals surface area contributed by atoms with Crippen molar-refractivity contribution in [2.45, 2.75) is 24.8 Å². The molecule has 1 fully saturated rings. The van der Waals surface area contributed by atoms with Crippen molar-refractivity contribution in [3.63, 3.8) is 0 Å². The van der Waals surface area contributed by atoms with Gasteiger partial charge in [0.25, 0.3) is 0 Å². The summed E-state index contributed by atoms with van der Waals surface area (Å²) in [5.74, 6) is 0.582. The molecule has 1 aliphatic rings. The number of hydrogen-bond donors (Lipinski definition) is 1. The number of sulfonamides is 1. The van der Waals surface area contributed by atoms with Crippen LogP contribution in [0.5, 0.6) is 5.75 Å². The van der Waals surface area contributed by atoms with Crippen molar-refractivity contribution in [3.05, 3.63) is 54.7 Å². The Morgan fingerprint density at radius 2 is 1.80 bits per heavy atom. The number of carbonyl (C=O) groups is 1. The first kappa shape index (κ1) is 24.8. The third-order valence-corrected chi connectivity index (χ3v) is 7.82. The molecule has 0 aliphatic carbocycles. The predicted octanol–water partition coefficient (Wildman–Crippen LogP) is 2.31. The number of piperazine rings is 1. The molecule has 4 rings (SSSR count). The maximum Gasteiger partial charge on any atom is 0.243 e. The van der Waals surface area contributed by atoms with Crippen molar-refractivity contribution in [3.8, 4) is 17.0 Å². The molecule has 35 heavy (non-hydrogen) atoms. The van der Waals surface area contributed by atoms with Gasteiger partial charge < -0.3 is 15.0 Å². The molecule has 0 atom stereocenters. The van der Waals surface area contributed by atoms with Crippen LogP contribution in [-0.2, 0) is 21.4 Å². The smallest absolute Gasteiger partial charge is 0.243 e. The van der Waals surface area contributed by atoms with Gasteiger partial charge in [0.1, 0.15) is 11.4 Å². The number of hydrogen-bond acceptors (Lipinski definition) is 7. The van der Waals surface area contributed by atoms with Gasteiger partial charge in [-0.05, 0) is 42.8 Å². The lowest BCUT2D eigenvalue weighted by molar-refractivity contribution is -0.114. The summed E-state index contributed by atoms with van der Waals surface area (Å²) in [4.78, 5) is 13.7. The van der Waals surface area contributed by atoms with Crippen LogP contribution in [0.2, 0.25) is 0 Å². The number of nitrogens with zero attached hydrogens (tertiary/aromatic N) is 5. The molecular formula is C24H30N6O4S. The van der Waals surface area contributed by atoms with E-state index in [-0.39, 0.29) is 10.8 Å². The van der Waals surface area contributed by atoms with Crippen molar-refractivity contribution >= 4 is 21.6 Å². The maximum atomic E-state index is 13.0. The average Bonchev–Trinajstić information content (AvgIpc) is 3.33. The number of aromatic nitrogens is 3. The van der Waals surface area contributed by atoms with Gasteiger partial charge in [0.05, 0.1) is 18.2 Å². The molecule has 1 aromatic heterocycles. The molecule has 0 unspecified atom stereocenters. The van der Waals surface area contributed by atoms with E-state index in [4.69, 9.17) is 4.74 Å². The topological polar surface area (TPSA) is 110 Å². The first-order valence-corrected chi connectivity index (χ1v) is 12.9. The third-order valence-electron chi connectivity index (χ3n) is 5.91. The standard InChI is InChI=1S/C24H30N6O4S/c1-19(31)25-21-7-9-23(10-8-21)35(32,33)30-15-13-28(14-16-30)11-4-12-29-18-24(26-27-29)20-5-3-6-22(17-20)34-2/h3,5-10,17-18H,4,11-16H2,1-2H3,(H,25,31). The lowest BCUT2D eigenvalue weighted by atomic mass is 10.1. The fraction of sp³-hybridized carbons (Fsp3) is 0.375. The highest BCUT2D eigenvalue weighted by Gasteiger charge is 2.28. The number of ether oxygens (including phenoxy) is 1. The molecule has 0 saturated carbocycles. The van der Waals surface area contributed by atoms with Crippen LogP contribution in [0.15, 0.2) is 59.6 Å². The van der Waals surface area contributed by atoms with Crippen molar-refractivity contribution in [1.82, 2.24) is 24.2 Å². The average molecular weight is 499 g/mol. The zero-order valence-electron chi connectivity index (χ0n) is 19.9. The number of aryl methyl sites for hydroxylation is 1. The Morgan fingerprint density at radius 1 is 1.06 bits per heavy atom. The predicted molar refractivity (Wildman–Crippen MR) is 133 cm³/mol. The Kier molecular flexibility index (Phi) is 7.79. The minimum atomic E-state index is -3.56. The summed E-state index contributed by atoms with van der Waals surface area (Å²) < 4.78 is 34.6. The molecule has 1 aliphatic heterocycles. The fourth-order valence-electron chi connectivity index (χ4n) is 4.03. The second-order valence-electron chi connectivity index (χ2n) is 8.40. The monoisotopic (exact) mass is 498 g/mol. The van der Waals surface area contributed by atoms with Gasteiger partial charge in [-0.15, -0.1) is 5.10 Å². The number of anilines is 1. The molecule has 1 amide bonds. The van der Waals surface area contributed by atoms with Gasteiger partial charge in [-0.1, -0.05) is 17.3 Å². The van der Waals surface area contributed by atoms with Crippen molar-refractivity contribution in [2.75, 3.05) is 45.2 Å². The van der Waals surface area contributed by atoms with Crippen LogP contribution in [0.1, 0.15) is 13.3 Å². The molecule has 2 heterocycles. The third kappa shape index (κ3) is 6.24. The van der Waals surface area contributed by atoms with Crippen LogP contribution in [0.4, 0.5) is 5.69 Å². The Balaban J connectivity index is 1.24. The van der Waals surface area contributed by atoms with Crippen LogP contribution in [0.25, 0.3) is 11.3 Å². The SMILES string of the molecule is COc1cccc(-c2cn(CCCN3CCN(S(=O)(=O)c4ccc(NC(C)=O)cc4)CC3)nn2)c1. The summed E-state index contributed by atoms with van der Waals surface area (Å²) in [5.41, 5.74) is 2.33. The van der Waals surface area contributed by atoms with E-state index in [9.17, 15) is 13.2 Å². The van der Waals surface area contributed by atoms with Crippen LogP contribution in [-0.4, -0.2) is 78.4 Å². The van der Waals surface area contributed by atoms with E-state index in [1.54, 1.807) is 19.2 Å². The summed E-state index contributed by atoms with van der Waals surface area (Å²) in [6.45, 7) is 5.24. The lowest BCUT2D eigenvalue weighted by Gasteiger charge is -2.34. The minimum Gasteiger partial charge on any atom is -0.497 e. The van der Waals surface area contributed by atoms with E-state index in [1.807, 2.05) is 35.1 Å². The first-order chi connectivity index (χ1) is 16.8. The summed E-state index contributed by atoms with van der Waals surface area (Å²) in [5, 5.41) is 11.1. The van der Waals surface area contributed by atoms with Crippen molar-refractivity contribution in [1.29, 1.82) is 0 Å². The molecule has 3 aromatic rings. The van der Waals surface area contributed by atoms with E-state index in [0.29, 0.717) is 31.9 Å². The fourth-order valence-corrected chi connectivity index (χ4v) is 5.46. The number of carbonyl (C=O) groups excluding carboxylic acids is 1. The Bertz CT molecular complexity index is 1250. The zero-order valence-corrected chi connectivity index (χ0v) is 20.7. The molecule has 0 radical (unpaired) electrons. The normalized spacial score (nSPS) is 15.1. The van der Waals surface area contributed by atoms with Crippen molar-refractivity contribution in [2.24, 2.45) is 0 Å². The van der Waals surface area contributed by atoms with Crippen LogP contribution in [0.3, 0.4) is 0 Å².